The van der Waals surface area contributed by atoms with E-state index in [9.17, 15) is 9.18 Å². The van der Waals surface area contributed by atoms with Crippen molar-refractivity contribution < 1.29 is 18.7 Å². The quantitative estimate of drug-likeness (QED) is 0.426. The average Bonchev–Trinajstić information content (AvgIpc) is 2.85. The predicted molar refractivity (Wildman–Crippen MR) is 131 cm³/mol. The summed E-state index contributed by atoms with van der Waals surface area (Å²) >= 11 is 5.91. The number of hydrogen-bond donors (Lipinski definition) is 2. The molecule has 4 rings (SSSR count). The van der Waals surface area contributed by atoms with Gasteiger partial charge in [-0.05, 0) is 30.7 Å². The van der Waals surface area contributed by atoms with E-state index >= 15 is 0 Å². The number of morpholine rings is 1. The monoisotopic (exact) mass is 487 g/mol. The predicted octanol–water partition coefficient (Wildman–Crippen LogP) is 4.62. The van der Waals surface area contributed by atoms with Crippen molar-refractivity contribution in [2.45, 2.75) is 19.8 Å². The summed E-state index contributed by atoms with van der Waals surface area (Å²) in [4.78, 5) is 23.2. The number of fused-ring (bicyclic) bond motifs is 1. The largest absolute Gasteiger partial charge is 0.491 e. The van der Waals surface area contributed by atoms with Crippen LogP contribution in [0.4, 0.5) is 21.6 Å². The van der Waals surface area contributed by atoms with Crippen molar-refractivity contribution in [1.82, 2.24) is 14.9 Å². The van der Waals surface area contributed by atoms with E-state index in [1.165, 1.54) is 18.5 Å². The van der Waals surface area contributed by atoms with Gasteiger partial charge in [-0.3, -0.25) is 9.69 Å². The number of nitrogens with zero attached hydrogens (tertiary/aromatic N) is 3. The molecule has 10 heteroatoms. The van der Waals surface area contributed by atoms with Crippen LogP contribution in [0.15, 0.2) is 36.7 Å². The van der Waals surface area contributed by atoms with Gasteiger partial charge in [0.1, 0.15) is 23.7 Å². The molecule has 0 bridgehead atoms. The van der Waals surface area contributed by atoms with E-state index in [0.717, 1.165) is 39.3 Å². The van der Waals surface area contributed by atoms with Crippen LogP contribution in [0.5, 0.6) is 5.75 Å². The number of anilines is 3. The van der Waals surface area contributed by atoms with Gasteiger partial charge in [-0.2, -0.15) is 0 Å². The summed E-state index contributed by atoms with van der Waals surface area (Å²) in [6.45, 7) is 6.59. The zero-order valence-corrected chi connectivity index (χ0v) is 19.7. The Bertz CT molecular complexity index is 1160. The van der Waals surface area contributed by atoms with E-state index < -0.39 is 5.82 Å². The molecule has 1 saturated heterocycles. The van der Waals surface area contributed by atoms with Gasteiger partial charge in [-0.25, -0.2) is 14.4 Å². The number of nitrogens with one attached hydrogen (secondary N) is 2. The lowest BCUT2D eigenvalue weighted by molar-refractivity contribution is -0.115. The first-order chi connectivity index (χ1) is 16.5. The van der Waals surface area contributed by atoms with Gasteiger partial charge in [0, 0.05) is 43.2 Å². The van der Waals surface area contributed by atoms with Crippen molar-refractivity contribution >= 4 is 45.6 Å². The second kappa shape index (κ2) is 11.4. The van der Waals surface area contributed by atoms with Gasteiger partial charge in [0.15, 0.2) is 0 Å². The molecule has 1 aromatic heterocycles. The lowest BCUT2D eigenvalue weighted by atomic mass is 10.1. The molecule has 2 heterocycles. The van der Waals surface area contributed by atoms with Crippen molar-refractivity contribution in [2.24, 2.45) is 0 Å². The Labute approximate surface area is 202 Å². The maximum Gasteiger partial charge on any atom is 0.224 e. The molecule has 1 fully saturated rings. The molecule has 8 nitrogen and oxygen atoms in total. The number of carbonyl (C=O) groups is 1. The standard InChI is InChI=1S/C24H27ClFN5O3/c1-2-23(32)30-21-13-17-20(14-22(21)34-9-3-6-31-7-10-33-11-8-31)27-15-28-24(17)29-16-4-5-19(26)18(25)12-16/h4-5,12-15H,2-3,6-11H2,1H3,(H,30,32)(H,27,28,29). The van der Waals surface area contributed by atoms with Crippen LogP contribution in [0.1, 0.15) is 19.8 Å². The van der Waals surface area contributed by atoms with E-state index in [-0.39, 0.29) is 10.9 Å². The molecule has 2 N–H and O–H groups in total. The fourth-order valence-electron chi connectivity index (χ4n) is 3.64. The summed E-state index contributed by atoms with van der Waals surface area (Å²) in [5.41, 5.74) is 1.76. The van der Waals surface area contributed by atoms with Crippen molar-refractivity contribution in [1.29, 1.82) is 0 Å². The first kappa shape index (κ1) is 24.1. The fourth-order valence-corrected chi connectivity index (χ4v) is 3.83. The minimum atomic E-state index is -0.500. The van der Waals surface area contributed by atoms with Gasteiger partial charge < -0.3 is 20.1 Å². The normalized spacial score (nSPS) is 14.2. The van der Waals surface area contributed by atoms with Gasteiger partial charge >= 0.3 is 0 Å². The topological polar surface area (TPSA) is 88.6 Å². The van der Waals surface area contributed by atoms with Crippen molar-refractivity contribution in [2.75, 3.05) is 50.1 Å². The smallest absolute Gasteiger partial charge is 0.224 e. The Hall–Kier alpha value is -3.01. The maximum atomic E-state index is 13.5. The van der Waals surface area contributed by atoms with Crippen molar-refractivity contribution in [3.8, 4) is 5.75 Å². The molecule has 3 aromatic rings. The third kappa shape index (κ3) is 6.11. The van der Waals surface area contributed by atoms with Crippen LogP contribution < -0.4 is 15.4 Å². The molecule has 1 aliphatic heterocycles. The number of carbonyl (C=O) groups excluding carboxylic acids is 1. The third-order valence-corrected chi connectivity index (χ3v) is 5.78. The number of amides is 1. The van der Waals surface area contributed by atoms with E-state index in [4.69, 9.17) is 21.1 Å². The van der Waals surface area contributed by atoms with E-state index in [0.29, 0.717) is 46.9 Å². The second-order valence-electron chi connectivity index (χ2n) is 7.90. The third-order valence-electron chi connectivity index (χ3n) is 5.49. The molecule has 180 valence electrons. The van der Waals surface area contributed by atoms with Crippen LogP contribution in [0.3, 0.4) is 0 Å². The number of ether oxygens (including phenoxy) is 2. The number of benzene rings is 2. The Morgan fingerprint density at radius 2 is 2.06 bits per heavy atom. The Balaban J connectivity index is 1.55. The van der Waals surface area contributed by atoms with Crippen molar-refractivity contribution in [3.05, 3.63) is 47.5 Å². The summed E-state index contributed by atoms with van der Waals surface area (Å²) in [5.74, 6) is 0.415. The van der Waals surface area contributed by atoms with Gasteiger partial charge in [-0.15, -0.1) is 0 Å². The Morgan fingerprint density at radius 3 is 2.82 bits per heavy atom. The second-order valence-corrected chi connectivity index (χ2v) is 8.31. The lowest BCUT2D eigenvalue weighted by Gasteiger charge is -2.26. The number of rotatable bonds is 9. The van der Waals surface area contributed by atoms with Gasteiger partial charge in [0.2, 0.25) is 5.91 Å². The van der Waals surface area contributed by atoms with Crippen LogP contribution in [-0.4, -0.2) is 60.2 Å². The van der Waals surface area contributed by atoms with Gasteiger partial charge in [0.05, 0.1) is 36.0 Å². The van der Waals surface area contributed by atoms with Gasteiger partial charge in [0.25, 0.3) is 0 Å². The van der Waals surface area contributed by atoms with Crippen molar-refractivity contribution in [3.63, 3.8) is 0 Å². The van der Waals surface area contributed by atoms with Crippen LogP contribution in [0, 0.1) is 5.82 Å². The highest BCUT2D eigenvalue weighted by molar-refractivity contribution is 6.31. The highest BCUT2D eigenvalue weighted by atomic mass is 35.5. The molecule has 0 unspecified atom stereocenters. The zero-order chi connectivity index (χ0) is 23.9. The van der Waals surface area contributed by atoms with Crippen LogP contribution in [0.25, 0.3) is 10.9 Å². The van der Waals surface area contributed by atoms with E-state index in [1.54, 1.807) is 25.1 Å². The molecule has 1 amide bonds. The molecule has 1 aliphatic rings. The zero-order valence-electron chi connectivity index (χ0n) is 18.9. The Morgan fingerprint density at radius 1 is 1.24 bits per heavy atom. The lowest BCUT2D eigenvalue weighted by Crippen LogP contribution is -2.37. The number of aromatic nitrogens is 2. The molecule has 0 atom stereocenters. The minimum absolute atomic E-state index is 0.00650. The first-order valence-corrected chi connectivity index (χ1v) is 11.6. The highest BCUT2D eigenvalue weighted by Crippen LogP contribution is 2.34. The molecule has 0 saturated carbocycles. The SMILES string of the molecule is CCC(=O)Nc1cc2c(Nc3ccc(F)c(Cl)c3)ncnc2cc1OCCCN1CCOCC1. The summed E-state index contributed by atoms with van der Waals surface area (Å²) in [6.07, 6.45) is 2.61. The molecule has 0 spiro atoms. The summed E-state index contributed by atoms with van der Waals surface area (Å²) in [7, 11) is 0. The molecular formula is C24H27ClFN5O3. The molecule has 0 aliphatic carbocycles. The highest BCUT2D eigenvalue weighted by Gasteiger charge is 2.15. The van der Waals surface area contributed by atoms with Crippen LogP contribution >= 0.6 is 11.6 Å². The fraction of sp³-hybridized carbons (Fsp3) is 0.375. The average molecular weight is 488 g/mol. The Kier molecular flexibility index (Phi) is 8.10. The summed E-state index contributed by atoms with van der Waals surface area (Å²) in [6, 6.07) is 7.91. The molecule has 2 aromatic carbocycles. The molecule has 0 radical (unpaired) electrons. The summed E-state index contributed by atoms with van der Waals surface area (Å²) < 4.78 is 25.0. The number of halogens is 2. The first-order valence-electron chi connectivity index (χ1n) is 11.3. The van der Waals surface area contributed by atoms with E-state index in [2.05, 4.69) is 25.5 Å². The van der Waals surface area contributed by atoms with Crippen LogP contribution in [0.2, 0.25) is 5.02 Å². The maximum absolute atomic E-state index is 13.5. The minimum Gasteiger partial charge on any atom is -0.491 e. The van der Waals surface area contributed by atoms with Gasteiger partial charge in [-0.1, -0.05) is 18.5 Å². The van der Waals surface area contributed by atoms with Crippen LogP contribution in [-0.2, 0) is 9.53 Å². The molecule has 34 heavy (non-hydrogen) atoms. The van der Waals surface area contributed by atoms with E-state index in [1.807, 2.05) is 0 Å². The number of hydrogen-bond acceptors (Lipinski definition) is 7. The summed E-state index contributed by atoms with van der Waals surface area (Å²) in [5, 5.41) is 6.73. The molecular weight excluding hydrogens is 461 g/mol.